The van der Waals surface area contributed by atoms with Crippen molar-refractivity contribution in [1.29, 1.82) is 0 Å². The van der Waals surface area contributed by atoms with Crippen LogP contribution in [0.4, 0.5) is 5.82 Å². The fourth-order valence-corrected chi connectivity index (χ4v) is 3.66. The summed E-state index contributed by atoms with van der Waals surface area (Å²) in [6.45, 7) is 4.66. The Kier molecular flexibility index (Phi) is 6.82. The molecule has 1 aliphatic heterocycles. The van der Waals surface area contributed by atoms with Crippen LogP contribution in [0.2, 0.25) is 0 Å². The number of piperidine rings is 1. The van der Waals surface area contributed by atoms with Crippen LogP contribution in [-0.2, 0) is 16.1 Å². The van der Waals surface area contributed by atoms with E-state index in [1.165, 1.54) is 5.56 Å². The molecule has 7 nitrogen and oxygen atoms in total. The summed E-state index contributed by atoms with van der Waals surface area (Å²) in [7, 11) is 0. The van der Waals surface area contributed by atoms with Crippen LogP contribution in [0.15, 0.2) is 42.5 Å². The van der Waals surface area contributed by atoms with Gasteiger partial charge in [-0.15, -0.1) is 0 Å². The van der Waals surface area contributed by atoms with Crippen LogP contribution in [0.3, 0.4) is 0 Å². The van der Waals surface area contributed by atoms with Crippen molar-refractivity contribution in [1.82, 2.24) is 20.9 Å². The van der Waals surface area contributed by atoms with Gasteiger partial charge in [-0.25, -0.2) is 4.98 Å². The second-order valence-electron chi connectivity index (χ2n) is 7.57. The number of aryl methyl sites for hydroxylation is 1. The van der Waals surface area contributed by atoms with E-state index in [1.54, 1.807) is 13.0 Å². The molecule has 29 heavy (non-hydrogen) atoms. The third-order valence-electron chi connectivity index (χ3n) is 5.41. The predicted molar refractivity (Wildman–Crippen MR) is 113 cm³/mol. The van der Waals surface area contributed by atoms with Crippen molar-refractivity contribution in [2.24, 2.45) is 0 Å². The summed E-state index contributed by atoms with van der Waals surface area (Å²) in [6.07, 6.45) is 1.72. The third-order valence-corrected chi connectivity index (χ3v) is 5.41. The minimum absolute atomic E-state index is 0.140. The third kappa shape index (κ3) is 5.54. The molecule has 1 aliphatic rings. The number of carbonyl (C=O) groups is 2. The maximum Gasteiger partial charge on any atom is 0.242 e. The molecule has 1 aromatic heterocycles. The summed E-state index contributed by atoms with van der Waals surface area (Å²) in [5.41, 5.74) is 8.58. The highest BCUT2D eigenvalue weighted by atomic mass is 16.2. The van der Waals surface area contributed by atoms with Crippen molar-refractivity contribution in [3.05, 3.63) is 59.3 Å². The fraction of sp³-hybridized carbons (Fsp3) is 0.409. The zero-order valence-electron chi connectivity index (χ0n) is 16.9. The minimum atomic E-state index is -0.622. The molecule has 3 rings (SSSR count). The van der Waals surface area contributed by atoms with Gasteiger partial charge in [-0.05, 0) is 56.3 Å². The van der Waals surface area contributed by atoms with Gasteiger partial charge in [0.15, 0.2) is 0 Å². The second-order valence-corrected chi connectivity index (χ2v) is 7.57. The molecule has 3 atom stereocenters. The van der Waals surface area contributed by atoms with Crippen molar-refractivity contribution >= 4 is 17.6 Å². The molecule has 2 heterocycles. The summed E-state index contributed by atoms with van der Waals surface area (Å²) in [5.74, 6) is 0.425. The number of nitrogens with zero attached hydrogens (tertiary/aromatic N) is 1. The molecule has 1 saturated heterocycles. The molecule has 0 spiro atoms. The SMILES string of the molecule is Cc1nc(N)ccc1CNC(=O)[C@H](C)NC(=O)[C@H]1C[C@@H](c2ccccc2)CCN1. The average molecular weight is 396 g/mol. The number of benzene rings is 1. The Morgan fingerprint density at radius 1 is 1.24 bits per heavy atom. The molecule has 0 unspecified atom stereocenters. The number of carbonyl (C=O) groups excluding carboxylic acids is 2. The van der Waals surface area contributed by atoms with Gasteiger partial charge < -0.3 is 21.7 Å². The largest absolute Gasteiger partial charge is 0.384 e. The molecular formula is C22H29N5O2. The molecule has 0 aliphatic carbocycles. The first-order valence-corrected chi connectivity index (χ1v) is 10.0. The molecule has 7 heteroatoms. The van der Waals surface area contributed by atoms with Crippen LogP contribution >= 0.6 is 0 Å². The normalized spacial score (nSPS) is 19.9. The van der Waals surface area contributed by atoms with E-state index in [-0.39, 0.29) is 17.9 Å². The Morgan fingerprint density at radius 2 is 2.00 bits per heavy atom. The van der Waals surface area contributed by atoms with Gasteiger partial charge in [-0.2, -0.15) is 0 Å². The van der Waals surface area contributed by atoms with E-state index in [2.05, 4.69) is 33.1 Å². The van der Waals surface area contributed by atoms with Crippen LogP contribution in [0.5, 0.6) is 0 Å². The number of nitrogen functional groups attached to an aromatic ring is 1. The number of hydrogen-bond donors (Lipinski definition) is 4. The van der Waals surface area contributed by atoms with Gasteiger partial charge in [0.2, 0.25) is 11.8 Å². The van der Waals surface area contributed by atoms with Crippen LogP contribution in [0.1, 0.15) is 42.5 Å². The van der Waals surface area contributed by atoms with Crippen LogP contribution < -0.4 is 21.7 Å². The van der Waals surface area contributed by atoms with Crippen molar-refractivity contribution in [2.75, 3.05) is 12.3 Å². The number of rotatable bonds is 6. The highest BCUT2D eigenvalue weighted by Gasteiger charge is 2.29. The molecule has 154 valence electrons. The molecule has 1 aromatic carbocycles. The number of anilines is 1. The van der Waals surface area contributed by atoms with Crippen LogP contribution in [-0.4, -0.2) is 35.4 Å². The minimum Gasteiger partial charge on any atom is -0.384 e. The zero-order valence-corrected chi connectivity index (χ0v) is 16.9. The number of hydrogen-bond acceptors (Lipinski definition) is 5. The fourth-order valence-electron chi connectivity index (χ4n) is 3.66. The summed E-state index contributed by atoms with van der Waals surface area (Å²) in [5, 5.41) is 8.95. The Labute approximate surface area is 171 Å². The summed E-state index contributed by atoms with van der Waals surface area (Å²) in [4.78, 5) is 29.3. The Morgan fingerprint density at radius 3 is 2.72 bits per heavy atom. The summed E-state index contributed by atoms with van der Waals surface area (Å²) in [6, 6.07) is 12.9. The average Bonchev–Trinajstić information content (AvgIpc) is 2.73. The lowest BCUT2D eigenvalue weighted by molar-refractivity contribution is -0.130. The molecule has 5 N–H and O–H groups in total. The molecular weight excluding hydrogens is 366 g/mol. The highest BCUT2D eigenvalue weighted by molar-refractivity contribution is 5.89. The Hall–Kier alpha value is -2.93. The van der Waals surface area contributed by atoms with Gasteiger partial charge in [-0.1, -0.05) is 36.4 Å². The highest BCUT2D eigenvalue weighted by Crippen LogP contribution is 2.27. The zero-order chi connectivity index (χ0) is 20.8. The van der Waals surface area contributed by atoms with Crippen LogP contribution in [0, 0.1) is 6.92 Å². The van der Waals surface area contributed by atoms with E-state index >= 15 is 0 Å². The lowest BCUT2D eigenvalue weighted by atomic mass is 9.86. The number of amides is 2. The standard InChI is InChI=1S/C22H29N5O2/c1-14-18(8-9-20(23)26-14)13-25-21(28)15(2)27-22(29)19-12-17(10-11-24-19)16-6-4-3-5-7-16/h3-9,15,17,19,24H,10-13H2,1-2H3,(H2,23,26)(H,25,28)(H,27,29)/t15-,17-,19+/m0/s1. The first-order chi connectivity index (χ1) is 13.9. The maximum absolute atomic E-state index is 12.7. The molecule has 0 bridgehead atoms. The Balaban J connectivity index is 1.50. The molecule has 0 saturated carbocycles. The van der Waals surface area contributed by atoms with E-state index in [0.717, 1.165) is 30.6 Å². The van der Waals surface area contributed by atoms with E-state index in [9.17, 15) is 9.59 Å². The maximum atomic E-state index is 12.7. The number of aromatic nitrogens is 1. The summed E-state index contributed by atoms with van der Waals surface area (Å²) < 4.78 is 0. The molecule has 0 radical (unpaired) electrons. The van der Waals surface area contributed by atoms with E-state index in [1.807, 2.05) is 31.2 Å². The lowest BCUT2D eigenvalue weighted by Gasteiger charge is -2.30. The smallest absolute Gasteiger partial charge is 0.242 e. The number of nitrogens with two attached hydrogens (primary N) is 1. The van der Waals surface area contributed by atoms with Crippen molar-refractivity contribution < 1.29 is 9.59 Å². The quantitative estimate of drug-likeness (QED) is 0.594. The predicted octanol–water partition coefficient (Wildman–Crippen LogP) is 1.63. The van der Waals surface area contributed by atoms with Gasteiger partial charge in [-0.3, -0.25) is 9.59 Å². The molecule has 2 aromatic rings. The first-order valence-electron chi connectivity index (χ1n) is 10.0. The monoisotopic (exact) mass is 395 g/mol. The van der Waals surface area contributed by atoms with Gasteiger partial charge in [0.05, 0.1) is 6.04 Å². The van der Waals surface area contributed by atoms with E-state index in [0.29, 0.717) is 18.3 Å². The van der Waals surface area contributed by atoms with Crippen molar-refractivity contribution in [3.63, 3.8) is 0 Å². The van der Waals surface area contributed by atoms with Gasteiger partial charge in [0.1, 0.15) is 11.9 Å². The van der Waals surface area contributed by atoms with Crippen molar-refractivity contribution in [3.8, 4) is 0 Å². The molecule has 2 amide bonds. The van der Waals surface area contributed by atoms with Gasteiger partial charge >= 0.3 is 0 Å². The van der Waals surface area contributed by atoms with Crippen LogP contribution in [0.25, 0.3) is 0 Å². The Bertz CT molecular complexity index is 856. The molecule has 1 fully saturated rings. The number of pyridine rings is 1. The number of nitrogens with one attached hydrogen (secondary N) is 3. The summed E-state index contributed by atoms with van der Waals surface area (Å²) >= 11 is 0. The first kappa shape index (κ1) is 20.8. The lowest BCUT2D eigenvalue weighted by Crippen LogP contribution is -2.53. The van der Waals surface area contributed by atoms with Gasteiger partial charge in [0, 0.05) is 12.2 Å². The van der Waals surface area contributed by atoms with E-state index < -0.39 is 6.04 Å². The van der Waals surface area contributed by atoms with Gasteiger partial charge in [0.25, 0.3) is 0 Å². The van der Waals surface area contributed by atoms with Crippen molar-refractivity contribution in [2.45, 2.75) is 51.2 Å². The topological polar surface area (TPSA) is 109 Å². The van der Waals surface area contributed by atoms with E-state index in [4.69, 9.17) is 5.73 Å². The second kappa shape index (κ2) is 9.52.